The van der Waals surface area contributed by atoms with Crippen LogP contribution in [0.5, 0.6) is 0 Å². The minimum Gasteiger partial charge on any atom is -0.469 e. The van der Waals surface area contributed by atoms with Crippen molar-refractivity contribution in [1.29, 1.82) is 0 Å². The lowest BCUT2D eigenvalue weighted by Crippen LogP contribution is -2.21. The van der Waals surface area contributed by atoms with Crippen molar-refractivity contribution in [3.63, 3.8) is 0 Å². The predicted molar refractivity (Wildman–Crippen MR) is 39.2 cm³/mol. The summed E-state index contributed by atoms with van der Waals surface area (Å²) in [5, 5.41) is 2.22. The lowest BCUT2D eigenvalue weighted by atomic mass is 10.1. The van der Waals surface area contributed by atoms with Crippen LogP contribution in [0.25, 0.3) is 0 Å². The molecule has 1 N–H and O–H groups in total. The summed E-state index contributed by atoms with van der Waals surface area (Å²) < 4.78 is 5.02. The molecule has 2 heterocycles. The molecule has 2 rings (SSSR count). The zero-order valence-corrected chi connectivity index (χ0v) is 6.24. The molecule has 12 heavy (non-hydrogen) atoms. The Labute approximate surface area is 68.6 Å². The fourth-order valence-electron chi connectivity index (χ4n) is 1.27. The molecule has 4 nitrogen and oxygen atoms in total. The Morgan fingerprint density at radius 1 is 1.50 bits per heavy atom. The Morgan fingerprint density at radius 3 is 2.83 bits per heavy atom. The van der Waals surface area contributed by atoms with Gasteiger partial charge in [-0.25, -0.2) is 0 Å². The lowest BCUT2D eigenvalue weighted by Gasteiger charge is -1.98. The predicted octanol–water partition coefficient (Wildman–Crippen LogP) is 0.410. The Balaban J connectivity index is 2.26. The molecular formula is C8H7NO3. The topological polar surface area (TPSA) is 59.3 Å². The molecule has 0 radical (unpaired) electrons. The number of carbonyl (C=O) groups excluding carboxylic acids is 2. The molecule has 0 aromatic carbocycles. The molecule has 1 fully saturated rings. The van der Waals surface area contributed by atoms with Gasteiger partial charge in [0.25, 0.3) is 0 Å². The molecule has 0 unspecified atom stereocenters. The lowest BCUT2D eigenvalue weighted by molar-refractivity contribution is -0.125. The minimum absolute atomic E-state index is 0.201. The number of nitrogens with one attached hydrogen (secondary N) is 1. The second kappa shape index (κ2) is 2.48. The van der Waals surface area contributed by atoms with E-state index in [9.17, 15) is 9.59 Å². The standard InChI is InChI=1S/C8H7NO3/c10-7-4-5(8(11)9-7)6-2-1-3-12-6/h1-3,5H,4H2,(H,9,10,11)/t5-/m0/s1. The first-order valence-electron chi connectivity index (χ1n) is 3.64. The van der Waals surface area contributed by atoms with E-state index in [1.54, 1.807) is 12.1 Å². The van der Waals surface area contributed by atoms with Crippen LogP contribution >= 0.6 is 0 Å². The van der Waals surface area contributed by atoms with Crippen LogP contribution in [0.2, 0.25) is 0 Å². The average molecular weight is 165 g/mol. The summed E-state index contributed by atoms with van der Waals surface area (Å²) >= 11 is 0. The molecule has 1 aliphatic heterocycles. The van der Waals surface area contributed by atoms with E-state index < -0.39 is 5.92 Å². The third-order valence-electron chi connectivity index (χ3n) is 1.86. The van der Waals surface area contributed by atoms with E-state index >= 15 is 0 Å². The van der Waals surface area contributed by atoms with Gasteiger partial charge in [0, 0.05) is 6.42 Å². The normalized spacial score (nSPS) is 22.8. The van der Waals surface area contributed by atoms with Gasteiger partial charge in [-0.05, 0) is 12.1 Å². The van der Waals surface area contributed by atoms with Crippen LogP contribution in [0, 0.1) is 0 Å². The minimum atomic E-state index is -0.424. The van der Waals surface area contributed by atoms with Gasteiger partial charge >= 0.3 is 0 Å². The van der Waals surface area contributed by atoms with Crippen molar-refractivity contribution in [3.05, 3.63) is 24.2 Å². The quantitative estimate of drug-likeness (QED) is 0.613. The molecule has 0 saturated carbocycles. The van der Waals surface area contributed by atoms with E-state index in [4.69, 9.17) is 4.42 Å². The van der Waals surface area contributed by atoms with Gasteiger partial charge in [-0.2, -0.15) is 0 Å². The van der Waals surface area contributed by atoms with E-state index in [1.165, 1.54) is 6.26 Å². The van der Waals surface area contributed by atoms with Crippen LogP contribution in [-0.4, -0.2) is 11.8 Å². The van der Waals surface area contributed by atoms with Crippen LogP contribution in [0.15, 0.2) is 22.8 Å². The van der Waals surface area contributed by atoms with Crippen molar-refractivity contribution in [3.8, 4) is 0 Å². The summed E-state index contributed by atoms with van der Waals surface area (Å²) in [4.78, 5) is 21.9. The first-order chi connectivity index (χ1) is 5.77. The SMILES string of the molecule is O=C1C[C@@H](c2ccco2)C(=O)N1. The molecule has 0 spiro atoms. The van der Waals surface area contributed by atoms with Gasteiger partial charge in [0.15, 0.2) is 0 Å². The summed E-state index contributed by atoms with van der Waals surface area (Å²) in [5.74, 6) is -0.373. The Kier molecular flexibility index (Phi) is 1.46. The molecule has 1 atom stereocenters. The number of hydrogen-bond acceptors (Lipinski definition) is 3. The van der Waals surface area contributed by atoms with Crippen molar-refractivity contribution >= 4 is 11.8 Å². The van der Waals surface area contributed by atoms with E-state index in [2.05, 4.69) is 5.32 Å². The monoisotopic (exact) mass is 165 g/mol. The smallest absolute Gasteiger partial charge is 0.237 e. The van der Waals surface area contributed by atoms with Crippen molar-refractivity contribution in [2.75, 3.05) is 0 Å². The summed E-state index contributed by atoms with van der Waals surface area (Å²) in [6, 6.07) is 3.40. The van der Waals surface area contributed by atoms with E-state index in [1.807, 2.05) is 0 Å². The van der Waals surface area contributed by atoms with Crippen molar-refractivity contribution in [1.82, 2.24) is 5.32 Å². The molecule has 0 aliphatic carbocycles. The number of imide groups is 1. The maximum Gasteiger partial charge on any atom is 0.237 e. The molecule has 0 bridgehead atoms. The number of hydrogen-bond donors (Lipinski definition) is 1. The highest BCUT2D eigenvalue weighted by Gasteiger charge is 2.33. The maximum absolute atomic E-state index is 11.1. The maximum atomic E-state index is 11.1. The fraction of sp³-hybridized carbons (Fsp3) is 0.250. The number of amides is 2. The van der Waals surface area contributed by atoms with Gasteiger partial charge < -0.3 is 4.42 Å². The summed E-state index contributed by atoms with van der Waals surface area (Å²) in [6.45, 7) is 0. The number of carbonyl (C=O) groups is 2. The first kappa shape index (κ1) is 7.09. The Hall–Kier alpha value is -1.58. The second-order valence-corrected chi connectivity index (χ2v) is 2.68. The fourth-order valence-corrected chi connectivity index (χ4v) is 1.27. The van der Waals surface area contributed by atoms with Crippen LogP contribution < -0.4 is 5.32 Å². The Morgan fingerprint density at radius 2 is 2.33 bits per heavy atom. The van der Waals surface area contributed by atoms with Gasteiger partial charge in [0.05, 0.1) is 6.26 Å². The summed E-state index contributed by atoms with van der Waals surface area (Å²) in [6.07, 6.45) is 1.69. The molecule has 1 aromatic heterocycles. The van der Waals surface area contributed by atoms with E-state index in [0.29, 0.717) is 5.76 Å². The number of rotatable bonds is 1. The van der Waals surface area contributed by atoms with Gasteiger partial charge in [0.1, 0.15) is 11.7 Å². The zero-order valence-electron chi connectivity index (χ0n) is 6.24. The third kappa shape index (κ3) is 1.01. The highest BCUT2D eigenvalue weighted by molar-refractivity contribution is 6.05. The van der Waals surface area contributed by atoms with Crippen molar-refractivity contribution < 1.29 is 14.0 Å². The first-order valence-corrected chi connectivity index (χ1v) is 3.64. The zero-order chi connectivity index (χ0) is 8.55. The van der Waals surface area contributed by atoms with Gasteiger partial charge in [0.2, 0.25) is 11.8 Å². The largest absolute Gasteiger partial charge is 0.469 e. The molecule has 62 valence electrons. The van der Waals surface area contributed by atoms with Gasteiger partial charge in [-0.3, -0.25) is 14.9 Å². The van der Waals surface area contributed by atoms with E-state index in [-0.39, 0.29) is 18.2 Å². The van der Waals surface area contributed by atoms with Crippen LogP contribution in [0.4, 0.5) is 0 Å². The average Bonchev–Trinajstić information content (AvgIpc) is 2.58. The highest BCUT2D eigenvalue weighted by Crippen LogP contribution is 2.23. The van der Waals surface area contributed by atoms with Crippen LogP contribution in [0.1, 0.15) is 18.1 Å². The summed E-state index contributed by atoms with van der Waals surface area (Å²) in [5.41, 5.74) is 0. The molecule has 2 amide bonds. The third-order valence-corrected chi connectivity index (χ3v) is 1.86. The highest BCUT2D eigenvalue weighted by atomic mass is 16.3. The molecule has 4 heteroatoms. The van der Waals surface area contributed by atoms with Crippen LogP contribution in [-0.2, 0) is 9.59 Å². The Bertz CT molecular complexity index is 315. The summed E-state index contributed by atoms with van der Waals surface area (Å²) in [7, 11) is 0. The van der Waals surface area contributed by atoms with E-state index in [0.717, 1.165) is 0 Å². The van der Waals surface area contributed by atoms with Crippen LogP contribution in [0.3, 0.4) is 0 Å². The second-order valence-electron chi connectivity index (χ2n) is 2.68. The molecule has 1 saturated heterocycles. The van der Waals surface area contributed by atoms with Gasteiger partial charge in [-0.15, -0.1) is 0 Å². The van der Waals surface area contributed by atoms with Crippen molar-refractivity contribution in [2.24, 2.45) is 0 Å². The van der Waals surface area contributed by atoms with Crippen molar-refractivity contribution in [2.45, 2.75) is 12.3 Å². The number of furan rings is 1. The molecule has 1 aromatic rings. The van der Waals surface area contributed by atoms with Gasteiger partial charge in [-0.1, -0.05) is 0 Å². The molecular weight excluding hydrogens is 158 g/mol. The molecule has 1 aliphatic rings.